The number of methoxy groups -OCH3 is 1. The van der Waals surface area contributed by atoms with Crippen molar-refractivity contribution in [3.8, 4) is 5.75 Å². The van der Waals surface area contributed by atoms with Crippen LogP contribution < -0.4 is 4.74 Å². The number of Topliss-reactive ketones (excluding diaryl/α,β-unsaturated/α-hetero) is 1. The van der Waals surface area contributed by atoms with Crippen LogP contribution in [0.2, 0.25) is 0 Å². The molecule has 1 aromatic rings. The van der Waals surface area contributed by atoms with Gasteiger partial charge in [0.05, 0.1) is 18.4 Å². The molecule has 0 unspecified atom stereocenters. The molecule has 0 saturated carbocycles. The molecule has 0 bridgehead atoms. The normalized spacial score (nSPS) is 11.2. The van der Waals surface area contributed by atoms with E-state index in [1.54, 1.807) is 12.1 Å². The Morgan fingerprint density at radius 2 is 2.06 bits per heavy atom. The molecule has 4 nitrogen and oxygen atoms in total. The second-order valence-corrected chi connectivity index (χ2v) is 6.52. The zero-order valence-corrected chi connectivity index (χ0v) is 11.1. The van der Waals surface area contributed by atoms with Gasteiger partial charge in [-0.05, 0) is 19.1 Å². The van der Waals surface area contributed by atoms with E-state index < -0.39 is 9.05 Å². The molecule has 0 spiro atoms. The Labute approximate surface area is 105 Å². The average Bonchev–Trinajstić information content (AvgIpc) is 2.25. The summed E-state index contributed by atoms with van der Waals surface area (Å²) in [5.41, 5.74) is 1.29. The molecule has 0 N–H and O–H groups in total. The van der Waals surface area contributed by atoms with Crippen molar-refractivity contribution in [1.29, 1.82) is 0 Å². The van der Waals surface area contributed by atoms with Gasteiger partial charge in [-0.15, -0.1) is 0 Å². The summed E-state index contributed by atoms with van der Waals surface area (Å²) < 4.78 is 26.6. The second-order valence-electron chi connectivity index (χ2n) is 3.62. The van der Waals surface area contributed by atoms with Crippen molar-refractivity contribution < 1.29 is 17.9 Å². The lowest BCUT2D eigenvalue weighted by molar-refractivity contribution is 0.0986. The van der Waals surface area contributed by atoms with Crippen LogP contribution in [0.4, 0.5) is 0 Å². The third-order valence-electron chi connectivity index (χ3n) is 2.23. The molecule has 0 aromatic heterocycles. The molecule has 6 heteroatoms. The van der Waals surface area contributed by atoms with Crippen molar-refractivity contribution in [3.05, 3.63) is 29.3 Å². The first-order chi connectivity index (χ1) is 7.83. The van der Waals surface area contributed by atoms with E-state index >= 15 is 0 Å². The van der Waals surface area contributed by atoms with Crippen LogP contribution in [0, 0.1) is 6.92 Å². The third kappa shape index (κ3) is 4.36. The zero-order valence-electron chi connectivity index (χ0n) is 9.57. The van der Waals surface area contributed by atoms with Gasteiger partial charge in [0.15, 0.2) is 5.78 Å². The standard InChI is InChI=1S/C11H13ClO4S/c1-8-3-4-11(16-2)9(7-8)10(13)5-6-17(12,14)15/h3-4,7H,5-6H2,1-2H3. The lowest BCUT2D eigenvalue weighted by Gasteiger charge is -2.07. The van der Waals surface area contributed by atoms with Gasteiger partial charge in [-0.25, -0.2) is 8.42 Å². The molecule has 0 fully saturated rings. The quantitative estimate of drug-likeness (QED) is 0.611. The summed E-state index contributed by atoms with van der Waals surface area (Å²) in [7, 11) is 2.87. The predicted octanol–water partition coefficient (Wildman–Crippen LogP) is 2.15. The lowest BCUT2D eigenvalue weighted by atomic mass is 10.1. The highest BCUT2D eigenvalue weighted by Crippen LogP contribution is 2.21. The molecule has 0 amide bonds. The van der Waals surface area contributed by atoms with Crippen molar-refractivity contribution >= 4 is 25.5 Å². The Bertz CT molecular complexity index is 522. The number of halogens is 1. The Hall–Kier alpha value is -1.07. The van der Waals surface area contributed by atoms with E-state index in [1.165, 1.54) is 7.11 Å². The largest absolute Gasteiger partial charge is 0.496 e. The van der Waals surface area contributed by atoms with Crippen molar-refractivity contribution in [1.82, 2.24) is 0 Å². The summed E-state index contributed by atoms with van der Waals surface area (Å²) in [6, 6.07) is 5.16. The van der Waals surface area contributed by atoms with Crippen LogP contribution in [0.25, 0.3) is 0 Å². The highest BCUT2D eigenvalue weighted by Gasteiger charge is 2.15. The fourth-order valence-electron chi connectivity index (χ4n) is 1.39. The number of benzene rings is 1. The van der Waals surface area contributed by atoms with E-state index in [0.29, 0.717) is 11.3 Å². The molecular weight excluding hydrogens is 264 g/mol. The van der Waals surface area contributed by atoms with E-state index in [1.807, 2.05) is 13.0 Å². The first kappa shape index (κ1) is 14.0. The van der Waals surface area contributed by atoms with E-state index in [9.17, 15) is 13.2 Å². The fourth-order valence-corrected chi connectivity index (χ4v) is 2.05. The van der Waals surface area contributed by atoms with E-state index in [0.717, 1.165) is 5.56 Å². The molecule has 0 radical (unpaired) electrons. The molecule has 0 aliphatic heterocycles. The van der Waals surface area contributed by atoms with Gasteiger partial charge in [0.2, 0.25) is 9.05 Å². The van der Waals surface area contributed by atoms with Gasteiger partial charge in [-0.3, -0.25) is 4.79 Å². The van der Waals surface area contributed by atoms with Gasteiger partial charge in [-0.2, -0.15) is 0 Å². The maximum atomic E-state index is 11.8. The van der Waals surface area contributed by atoms with Gasteiger partial charge in [-0.1, -0.05) is 11.6 Å². The highest BCUT2D eigenvalue weighted by atomic mass is 35.7. The SMILES string of the molecule is COc1ccc(C)cc1C(=O)CCS(=O)(=O)Cl. The van der Waals surface area contributed by atoms with E-state index in [4.69, 9.17) is 15.4 Å². The second kappa shape index (κ2) is 5.51. The molecular formula is C11H13ClO4S. The predicted molar refractivity (Wildman–Crippen MR) is 66.3 cm³/mol. The Morgan fingerprint density at radius 1 is 1.41 bits per heavy atom. The molecule has 0 aliphatic carbocycles. The van der Waals surface area contributed by atoms with Crippen molar-refractivity contribution in [3.63, 3.8) is 0 Å². The fraction of sp³-hybridized carbons (Fsp3) is 0.364. The van der Waals surface area contributed by atoms with Crippen molar-refractivity contribution in [2.24, 2.45) is 0 Å². The average molecular weight is 277 g/mol. The molecule has 17 heavy (non-hydrogen) atoms. The summed E-state index contributed by atoms with van der Waals surface area (Å²) >= 11 is 0. The molecule has 1 aromatic carbocycles. The monoisotopic (exact) mass is 276 g/mol. The molecule has 0 aliphatic rings. The third-order valence-corrected chi connectivity index (χ3v) is 3.38. The Morgan fingerprint density at radius 3 is 2.59 bits per heavy atom. The number of carbonyl (C=O) groups is 1. The Balaban J connectivity index is 2.92. The number of hydrogen-bond donors (Lipinski definition) is 0. The number of hydrogen-bond acceptors (Lipinski definition) is 4. The van der Waals surface area contributed by atoms with Crippen LogP contribution in [0.5, 0.6) is 5.75 Å². The first-order valence-corrected chi connectivity index (χ1v) is 7.41. The van der Waals surface area contributed by atoms with Crippen LogP contribution >= 0.6 is 10.7 Å². The van der Waals surface area contributed by atoms with Crippen LogP contribution in [0.15, 0.2) is 18.2 Å². The van der Waals surface area contributed by atoms with Gasteiger partial charge >= 0.3 is 0 Å². The van der Waals surface area contributed by atoms with Crippen LogP contribution in [-0.4, -0.2) is 27.1 Å². The minimum absolute atomic E-state index is 0.147. The van der Waals surface area contributed by atoms with Crippen LogP contribution in [0.1, 0.15) is 22.3 Å². The summed E-state index contributed by atoms with van der Waals surface area (Å²) in [6.45, 7) is 1.84. The number of rotatable bonds is 5. The van der Waals surface area contributed by atoms with Crippen molar-refractivity contribution in [2.45, 2.75) is 13.3 Å². The lowest BCUT2D eigenvalue weighted by Crippen LogP contribution is -2.08. The maximum Gasteiger partial charge on any atom is 0.233 e. The summed E-state index contributed by atoms with van der Waals surface area (Å²) in [5.74, 6) is -0.229. The number of aryl methyl sites for hydroxylation is 1. The molecule has 0 atom stereocenters. The van der Waals surface area contributed by atoms with Gasteiger partial charge < -0.3 is 4.74 Å². The molecule has 1 rings (SSSR count). The molecule has 0 saturated heterocycles. The number of ketones is 1. The van der Waals surface area contributed by atoms with Crippen LogP contribution in [0.3, 0.4) is 0 Å². The highest BCUT2D eigenvalue weighted by molar-refractivity contribution is 8.13. The van der Waals surface area contributed by atoms with Gasteiger partial charge in [0.25, 0.3) is 0 Å². The zero-order chi connectivity index (χ0) is 13.1. The number of ether oxygens (including phenoxy) is 1. The van der Waals surface area contributed by atoms with Crippen LogP contribution in [-0.2, 0) is 9.05 Å². The van der Waals surface area contributed by atoms with Gasteiger partial charge in [0, 0.05) is 17.1 Å². The summed E-state index contributed by atoms with van der Waals surface area (Å²) in [6.07, 6.45) is -0.147. The maximum absolute atomic E-state index is 11.8. The first-order valence-electron chi connectivity index (χ1n) is 4.93. The minimum Gasteiger partial charge on any atom is -0.496 e. The molecule has 94 valence electrons. The summed E-state index contributed by atoms with van der Waals surface area (Å²) in [5, 5.41) is 0. The Kier molecular flexibility index (Phi) is 4.54. The number of carbonyl (C=O) groups excluding carboxylic acids is 1. The smallest absolute Gasteiger partial charge is 0.233 e. The van der Waals surface area contributed by atoms with E-state index in [2.05, 4.69) is 0 Å². The topological polar surface area (TPSA) is 60.4 Å². The van der Waals surface area contributed by atoms with E-state index in [-0.39, 0.29) is 18.0 Å². The minimum atomic E-state index is -3.65. The molecule has 0 heterocycles. The summed E-state index contributed by atoms with van der Waals surface area (Å²) in [4.78, 5) is 11.8. The van der Waals surface area contributed by atoms with Crippen molar-refractivity contribution in [2.75, 3.05) is 12.9 Å². The van der Waals surface area contributed by atoms with Gasteiger partial charge in [0.1, 0.15) is 5.75 Å².